The average molecular weight is 253 g/mol. The summed E-state index contributed by atoms with van der Waals surface area (Å²) in [6.07, 6.45) is 8.38. The third-order valence-electron chi connectivity index (χ3n) is 4.96. The van der Waals surface area contributed by atoms with Crippen LogP contribution in [0.3, 0.4) is 0 Å². The smallest absolute Gasteiger partial charge is 0.0249 e. The largest absolute Gasteiger partial charge is 0.329 e. The number of rotatable bonds is 3. The number of nitrogens with two attached hydrogens (primary N) is 1. The van der Waals surface area contributed by atoms with Crippen LogP contribution in [0.2, 0.25) is 0 Å². The molecular weight excluding hydrogens is 222 g/mol. The number of hydrogen-bond donors (Lipinski definition) is 1. The molecule has 2 N–H and O–H groups in total. The van der Waals surface area contributed by atoms with Gasteiger partial charge in [-0.1, -0.05) is 19.3 Å². The predicted octanol–water partition coefficient (Wildman–Crippen LogP) is 1.92. The second-order valence-electron chi connectivity index (χ2n) is 6.40. The monoisotopic (exact) mass is 253 g/mol. The molecule has 0 aromatic rings. The van der Waals surface area contributed by atoms with Crippen LogP contribution >= 0.6 is 0 Å². The van der Waals surface area contributed by atoms with Gasteiger partial charge in [-0.2, -0.15) is 0 Å². The zero-order valence-electron chi connectivity index (χ0n) is 12.3. The molecule has 0 spiro atoms. The molecule has 1 saturated carbocycles. The van der Waals surface area contributed by atoms with Crippen LogP contribution in [0.1, 0.15) is 45.4 Å². The maximum Gasteiger partial charge on any atom is 0.0249 e. The van der Waals surface area contributed by atoms with Gasteiger partial charge in [0.05, 0.1) is 0 Å². The SMILES string of the molecule is CC1CN(C)CCCN1C(CN)C1CCCCC1. The molecule has 3 nitrogen and oxygen atoms in total. The molecule has 0 radical (unpaired) electrons. The van der Waals surface area contributed by atoms with Gasteiger partial charge in [-0.05, 0) is 45.7 Å². The van der Waals surface area contributed by atoms with Crippen molar-refractivity contribution in [2.45, 2.75) is 57.5 Å². The number of hydrogen-bond acceptors (Lipinski definition) is 3. The Labute approximate surface area is 113 Å². The highest BCUT2D eigenvalue weighted by atomic mass is 15.3. The molecule has 1 aliphatic heterocycles. The molecular formula is C15H31N3. The molecule has 0 bridgehead atoms. The van der Waals surface area contributed by atoms with Crippen LogP contribution in [0.5, 0.6) is 0 Å². The summed E-state index contributed by atoms with van der Waals surface area (Å²) in [5.74, 6) is 0.856. The summed E-state index contributed by atoms with van der Waals surface area (Å²) in [4.78, 5) is 5.19. The first-order chi connectivity index (χ1) is 8.72. The van der Waals surface area contributed by atoms with Crippen molar-refractivity contribution in [2.75, 3.05) is 33.2 Å². The highest BCUT2D eigenvalue weighted by Gasteiger charge is 2.31. The van der Waals surface area contributed by atoms with E-state index >= 15 is 0 Å². The Kier molecular flexibility index (Phi) is 5.46. The maximum absolute atomic E-state index is 6.13. The van der Waals surface area contributed by atoms with Crippen molar-refractivity contribution in [1.82, 2.24) is 9.80 Å². The summed E-state index contributed by atoms with van der Waals surface area (Å²) in [6, 6.07) is 1.29. The van der Waals surface area contributed by atoms with Gasteiger partial charge in [0.15, 0.2) is 0 Å². The van der Waals surface area contributed by atoms with E-state index in [1.54, 1.807) is 0 Å². The third-order valence-corrected chi connectivity index (χ3v) is 4.96. The minimum atomic E-state index is 0.631. The van der Waals surface area contributed by atoms with Gasteiger partial charge in [0.1, 0.15) is 0 Å². The van der Waals surface area contributed by atoms with Crippen molar-refractivity contribution in [3.63, 3.8) is 0 Å². The van der Waals surface area contributed by atoms with E-state index in [2.05, 4.69) is 23.8 Å². The first-order valence-electron chi connectivity index (χ1n) is 7.86. The van der Waals surface area contributed by atoms with Crippen molar-refractivity contribution in [1.29, 1.82) is 0 Å². The molecule has 1 aliphatic carbocycles. The maximum atomic E-state index is 6.13. The normalized spacial score (nSPS) is 31.2. The zero-order chi connectivity index (χ0) is 13.0. The van der Waals surface area contributed by atoms with Crippen molar-refractivity contribution in [3.8, 4) is 0 Å². The Bertz CT molecular complexity index is 238. The van der Waals surface area contributed by atoms with Gasteiger partial charge in [0.2, 0.25) is 0 Å². The Morgan fingerprint density at radius 2 is 1.83 bits per heavy atom. The lowest BCUT2D eigenvalue weighted by Crippen LogP contribution is -2.51. The highest BCUT2D eigenvalue weighted by molar-refractivity contribution is 4.87. The summed E-state index contributed by atoms with van der Waals surface area (Å²) in [5.41, 5.74) is 6.13. The topological polar surface area (TPSA) is 32.5 Å². The van der Waals surface area contributed by atoms with Crippen molar-refractivity contribution in [3.05, 3.63) is 0 Å². The fourth-order valence-corrected chi connectivity index (χ4v) is 4.00. The van der Waals surface area contributed by atoms with E-state index in [0.717, 1.165) is 12.5 Å². The summed E-state index contributed by atoms with van der Waals surface area (Å²) in [5, 5.41) is 0. The van der Waals surface area contributed by atoms with Gasteiger partial charge >= 0.3 is 0 Å². The fraction of sp³-hybridized carbons (Fsp3) is 1.00. The molecule has 2 aliphatic rings. The minimum Gasteiger partial charge on any atom is -0.329 e. The predicted molar refractivity (Wildman–Crippen MR) is 77.7 cm³/mol. The number of likely N-dealkylation sites (N-methyl/N-ethyl adjacent to an activating group) is 1. The van der Waals surface area contributed by atoms with E-state index in [1.807, 2.05) is 0 Å². The van der Waals surface area contributed by atoms with Crippen molar-refractivity contribution in [2.24, 2.45) is 11.7 Å². The van der Waals surface area contributed by atoms with Crippen LogP contribution in [-0.4, -0.2) is 55.1 Å². The Morgan fingerprint density at radius 3 is 2.50 bits per heavy atom. The van der Waals surface area contributed by atoms with Gasteiger partial charge in [0, 0.05) is 31.7 Å². The second-order valence-corrected chi connectivity index (χ2v) is 6.40. The molecule has 106 valence electrons. The van der Waals surface area contributed by atoms with Gasteiger partial charge in [-0.15, -0.1) is 0 Å². The Morgan fingerprint density at radius 1 is 1.11 bits per heavy atom. The highest BCUT2D eigenvalue weighted by Crippen LogP contribution is 2.30. The van der Waals surface area contributed by atoms with E-state index in [4.69, 9.17) is 5.73 Å². The third kappa shape index (κ3) is 3.46. The van der Waals surface area contributed by atoms with Crippen molar-refractivity contribution >= 4 is 0 Å². The lowest BCUT2D eigenvalue weighted by Gasteiger charge is -2.41. The minimum absolute atomic E-state index is 0.631. The summed E-state index contributed by atoms with van der Waals surface area (Å²) < 4.78 is 0. The molecule has 2 fully saturated rings. The van der Waals surface area contributed by atoms with Gasteiger partial charge in [-0.3, -0.25) is 4.90 Å². The van der Waals surface area contributed by atoms with E-state index in [9.17, 15) is 0 Å². The zero-order valence-corrected chi connectivity index (χ0v) is 12.3. The van der Waals surface area contributed by atoms with E-state index in [1.165, 1.54) is 58.2 Å². The Hall–Kier alpha value is -0.120. The van der Waals surface area contributed by atoms with Crippen molar-refractivity contribution < 1.29 is 0 Å². The van der Waals surface area contributed by atoms with Crippen LogP contribution in [0, 0.1) is 5.92 Å². The fourth-order valence-electron chi connectivity index (χ4n) is 4.00. The lowest BCUT2D eigenvalue weighted by atomic mass is 9.82. The van der Waals surface area contributed by atoms with Crippen LogP contribution in [0.15, 0.2) is 0 Å². The van der Waals surface area contributed by atoms with Crippen LogP contribution in [0.25, 0.3) is 0 Å². The quantitative estimate of drug-likeness (QED) is 0.834. The van der Waals surface area contributed by atoms with E-state index in [0.29, 0.717) is 12.1 Å². The van der Waals surface area contributed by atoms with Crippen LogP contribution in [-0.2, 0) is 0 Å². The van der Waals surface area contributed by atoms with Gasteiger partial charge in [0.25, 0.3) is 0 Å². The number of nitrogens with zero attached hydrogens (tertiary/aromatic N) is 2. The average Bonchev–Trinajstić information content (AvgIpc) is 2.54. The molecule has 0 amide bonds. The molecule has 2 unspecified atom stereocenters. The molecule has 1 heterocycles. The molecule has 0 aromatic heterocycles. The second kappa shape index (κ2) is 6.88. The Balaban J connectivity index is 2.00. The molecule has 0 aromatic carbocycles. The first kappa shape index (κ1) is 14.3. The van der Waals surface area contributed by atoms with E-state index < -0.39 is 0 Å². The lowest BCUT2D eigenvalue weighted by molar-refractivity contribution is 0.0872. The molecule has 18 heavy (non-hydrogen) atoms. The standard InChI is InChI=1S/C15H31N3/c1-13-12-17(2)9-6-10-18(13)15(11-16)14-7-4-3-5-8-14/h13-15H,3-12,16H2,1-2H3. The summed E-state index contributed by atoms with van der Waals surface area (Å²) in [7, 11) is 2.25. The first-order valence-corrected chi connectivity index (χ1v) is 7.86. The van der Waals surface area contributed by atoms with E-state index in [-0.39, 0.29) is 0 Å². The van der Waals surface area contributed by atoms with Gasteiger partial charge < -0.3 is 10.6 Å². The van der Waals surface area contributed by atoms with Gasteiger partial charge in [-0.25, -0.2) is 0 Å². The van der Waals surface area contributed by atoms with Crippen LogP contribution in [0.4, 0.5) is 0 Å². The summed E-state index contributed by atoms with van der Waals surface area (Å²) in [6.45, 7) is 6.90. The molecule has 2 rings (SSSR count). The molecule has 3 heteroatoms. The van der Waals surface area contributed by atoms with Crippen LogP contribution < -0.4 is 5.73 Å². The molecule has 1 saturated heterocycles. The molecule has 2 atom stereocenters. The summed E-state index contributed by atoms with van der Waals surface area (Å²) >= 11 is 0.